The first-order valence-electron chi connectivity index (χ1n) is 6.17. The highest BCUT2D eigenvalue weighted by atomic mass is 35.5. The number of thiophene rings is 1. The van der Waals surface area contributed by atoms with E-state index in [0.717, 1.165) is 22.1 Å². The lowest BCUT2D eigenvalue weighted by atomic mass is 10.2. The molecule has 2 heterocycles. The minimum atomic E-state index is 0.186. The summed E-state index contributed by atoms with van der Waals surface area (Å²) in [6, 6.07) is 7.41. The third-order valence-electron chi connectivity index (χ3n) is 3.30. The van der Waals surface area contributed by atoms with Crippen LogP contribution in [0.15, 0.2) is 34.6 Å². The van der Waals surface area contributed by atoms with Crippen molar-refractivity contribution in [3.8, 4) is 0 Å². The molecule has 0 aliphatic carbocycles. The molecule has 0 bridgehead atoms. The second kappa shape index (κ2) is 5.28. The van der Waals surface area contributed by atoms with E-state index >= 15 is 0 Å². The van der Waals surface area contributed by atoms with Crippen LogP contribution in [0.5, 0.6) is 0 Å². The van der Waals surface area contributed by atoms with Crippen LogP contribution in [0.4, 0.5) is 10.7 Å². The molecule has 0 radical (unpaired) electrons. The van der Waals surface area contributed by atoms with E-state index in [2.05, 4.69) is 28.6 Å². The van der Waals surface area contributed by atoms with E-state index in [4.69, 9.17) is 28.2 Å². The van der Waals surface area contributed by atoms with Crippen molar-refractivity contribution >= 4 is 51.1 Å². The molecular formula is C14H13Cl2N3S. The van der Waals surface area contributed by atoms with Crippen molar-refractivity contribution in [2.75, 3.05) is 12.4 Å². The lowest BCUT2D eigenvalue weighted by Crippen LogP contribution is -2.44. The van der Waals surface area contributed by atoms with Crippen molar-refractivity contribution in [3.63, 3.8) is 0 Å². The maximum Gasteiger partial charge on any atom is 0.140 e. The molecule has 3 rings (SSSR count). The van der Waals surface area contributed by atoms with Gasteiger partial charge in [-0.05, 0) is 36.6 Å². The molecule has 20 heavy (non-hydrogen) atoms. The minimum absolute atomic E-state index is 0.186. The lowest BCUT2D eigenvalue weighted by molar-refractivity contribution is 0.422. The average molecular weight is 326 g/mol. The maximum atomic E-state index is 6.21. The molecular weight excluding hydrogens is 313 g/mol. The van der Waals surface area contributed by atoms with Gasteiger partial charge in [0.1, 0.15) is 10.8 Å². The van der Waals surface area contributed by atoms with Crippen molar-refractivity contribution < 1.29 is 0 Å². The molecule has 1 unspecified atom stereocenters. The Balaban J connectivity index is 2.10. The van der Waals surface area contributed by atoms with Gasteiger partial charge in [0.15, 0.2) is 0 Å². The number of nitrogens with one attached hydrogen (secondary N) is 1. The second-order valence-electron chi connectivity index (χ2n) is 4.63. The van der Waals surface area contributed by atoms with E-state index in [1.165, 1.54) is 0 Å². The zero-order chi connectivity index (χ0) is 14.3. The minimum Gasteiger partial charge on any atom is -0.357 e. The molecule has 0 amide bonds. The maximum absolute atomic E-state index is 6.21. The van der Waals surface area contributed by atoms with Gasteiger partial charge >= 0.3 is 0 Å². The highest BCUT2D eigenvalue weighted by Crippen LogP contribution is 2.34. The number of fused-ring (bicyclic) bond motifs is 1. The molecule has 1 aromatic carbocycles. The van der Waals surface area contributed by atoms with Gasteiger partial charge in [0.05, 0.1) is 22.4 Å². The molecule has 1 aliphatic heterocycles. The predicted molar refractivity (Wildman–Crippen MR) is 87.8 cm³/mol. The van der Waals surface area contributed by atoms with E-state index in [1.807, 2.05) is 13.1 Å². The summed E-state index contributed by atoms with van der Waals surface area (Å²) in [5, 5.41) is 7.81. The van der Waals surface area contributed by atoms with Crippen molar-refractivity contribution in [1.29, 1.82) is 0 Å². The second-order valence-corrected chi connectivity index (χ2v) is 6.39. The zero-order valence-electron chi connectivity index (χ0n) is 11.0. The largest absolute Gasteiger partial charge is 0.357 e. The van der Waals surface area contributed by atoms with Gasteiger partial charge in [-0.3, -0.25) is 0 Å². The van der Waals surface area contributed by atoms with Crippen LogP contribution in [0.2, 0.25) is 10.0 Å². The number of benzene rings is 1. The topological polar surface area (TPSA) is 27.6 Å². The molecule has 0 saturated heterocycles. The number of amidine groups is 1. The summed E-state index contributed by atoms with van der Waals surface area (Å²) >= 11 is 13.8. The Kier molecular flexibility index (Phi) is 3.63. The predicted octanol–water partition coefficient (Wildman–Crippen LogP) is 4.84. The van der Waals surface area contributed by atoms with Gasteiger partial charge in [-0.15, -0.1) is 11.3 Å². The monoisotopic (exact) mass is 325 g/mol. The molecule has 1 aliphatic rings. The standard InChI is InChI=1S/C14H13Cl2N3S/c1-8-17-14-10(5-6-20-14)13(19(8)2)18-12-4-3-9(15)7-11(12)16/h3-8,17H,1-2H3. The molecule has 6 heteroatoms. The van der Waals surface area contributed by atoms with Crippen molar-refractivity contribution in [2.24, 2.45) is 4.99 Å². The molecule has 104 valence electrons. The normalized spacial score (nSPS) is 19.9. The number of hydrogen-bond acceptors (Lipinski definition) is 3. The Bertz CT molecular complexity index is 681. The van der Waals surface area contributed by atoms with E-state index in [9.17, 15) is 0 Å². The number of anilines is 1. The highest BCUT2D eigenvalue weighted by Gasteiger charge is 2.25. The molecule has 0 saturated carbocycles. The molecule has 0 spiro atoms. The van der Waals surface area contributed by atoms with Crippen LogP contribution >= 0.6 is 34.5 Å². The van der Waals surface area contributed by atoms with Gasteiger partial charge in [-0.1, -0.05) is 23.2 Å². The summed E-state index contributed by atoms with van der Waals surface area (Å²) in [6.07, 6.45) is 0.186. The Morgan fingerprint density at radius 1 is 1.30 bits per heavy atom. The van der Waals surface area contributed by atoms with Crippen molar-refractivity contribution in [1.82, 2.24) is 4.90 Å². The Hall–Kier alpha value is -1.23. The molecule has 1 atom stereocenters. The summed E-state index contributed by atoms with van der Waals surface area (Å²) in [5.41, 5.74) is 1.82. The van der Waals surface area contributed by atoms with Gasteiger partial charge in [-0.2, -0.15) is 0 Å². The smallest absolute Gasteiger partial charge is 0.140 e. The fourth-order valence-electron chi connectivity index (χ4n) is 2.08. The van der Waals surface area contributed by atoms with Gasteiger partial charge < -0.3 is 10.2 Å². The molecule has 2 aromatic rings. The third-order valence-corrected chi connectivity index (χ3v) is 4.68. The Morgan fingerprint density at radius 2 is 2.10 bits per heavy atom. The number of halogens is 2. The summed E-state index contributed by atoms with van der Waals surface area (Å²) in [4.78, 5) is 6.82. The first-order chi connectivity index (χ1) is 9.56. The van der Waals surface area contributed by atoms with Crippen LogP contribution < -0.4 is 5.32 Å². The first kappa shape index (κ1) is 13.7. The van der Waals surface area contributed by atoms with Crippen molar-refractivity contribution in [2.45, 2.75) is 13.1 Å². The van der Waals surface area contributed by atoms with Gasteiger partial charge in [0, 0.05) is 12.1 Å². The summed E-state index contributed by atoms with van der Waals surface area (Å²) < 4.78 is 0. The van der Waals surface area contributed by atoms with Crippen LogP contribution in [0.1, 0.15) is 12.5 Å². The van der Waals surface area contributed by atoms with Gasteiger partial charge in [0.2, 0.25) is 0 Å². The third kappa shape index (κ3) is 2.39. The quantitative estimate of drug-likeness (QED) is 0.812. The van der Waals surface area contributed by atoms with E-state index in [0.29, 0.717) is 10.0 Å². The molecule has 1 N–H and O–H groups in total. The van der Waals surface area contributed by atoms with Gasteiger partial charge in [0.25, 0.3) is 0 Å². The summed E-state index contributed by atoms with van der Waals surface area (Å²) in [5.74, 6) is 0.914. The van der Waals surface area contributed by atoms with E-state index in [-0.39, 0.29) is 6.17 Å². The van der Waals surface area contributed by atoms with E-state index < -0.39 is 0 Å². The summed E-state index contributed by atoms with van der Waals surface area (Å²) in [6.45, 7) is 2.10. The molecule has 1 aromatic heterocycles. The number of nitrogens with zero attached hydrogens (tertiary/aromatic N) is 2. The number of hydrogen-bond donors (Lipinski definition) is 1. The molecule has 0 fully saturated rings. The fraction of sp³-hybridized carbons (Fsp3) is 0.214. The highest BCUT2D eigenvalue weighted by molar-refractivity contribution is 7.14. The van der Waals surface area contributed by atoms with Crippen LogP contribution in [-0.4, -0.2) is 23.9 Å². The number of aliphatic imine (C=N–C) groups is 1. The number of rotatable bonds is 1. The van der Waals surface area contributed by atoms with Crippen LogP contribution in [0, 0.1) is 0 Å². The Morgan fingerprint density at radius 3 is 2.85 bits per heavy atom. The Labute approximate surface area is 131 Å². The SMILES string of the molecule is CC1Nc2sccc2C(=Nc2ccc(Cl)cc2Cl)N1C. The van der Waals surface area contributed by atoms with E-state index in [1.54, 1.807) is 23.5 Å². The summed E-state index contributed by atoms with van der Waals surface area (Å²) in [7, 11) is 2.01. The lowest BCUT2D eigenvalue weighted by Gasteiger charge is -2.34. The van der Waals surface area contributed by atoms with Crippen LogP contribution in [0.25, 0.3) is 0 Å². The van der Waals surface area contributed by atoms with Crippen LogP contribution in [0.3, 0.4) is 0 Å². The van der Waals surface area contributed by atoms with Crippen LogP contribution in [-0.2, 0) is 0 Å². The van der Waals surface area contributed by atoms with Gasteiger partial charge in [-0.25, -0.2) is 4.99 Å². The zero-order valence-corrected chi connectivity index (χ0v) is 13.4. The van der Waals surface area contributed by atoms with Crippen molar-refractivity contribution in [3.05, 3.63) is 45.3 Å². The molecule has 3 nitrogen and oxygen atoms in total. The first-order valence-corrected chi connectivity index (χ1v) is 7.81. The average Bonchev–Trinajstić information content (AvgIpc) is 2.85. The fourth-order valence-corrected chi connectivity index (χ4v) is 3.40.